The largest absolute Gasteiger partial charge is 0.328 e. The number of carbonyl (C=O) groups is 1. The molecule has 0 saturated carbocycles. The number of para-hydroxylation sites is 2. The minimum absolute atomic E-state index is 0.254. The van der Waals surface area contributed by atoms with Crippen LogP contribution in [0.3, 0.4) is 0 Å². The Kier molecular flexibility index (Phi) is 2.74. The number of aromatic nitrogens is 2. The zero-order chi connectivity index (χ0) is 12.5. The van der Waals surface area contributed by atoms with E-state index in [0.29, 0.717) is 6.42 Å². The number of ketones is 1. The maximum Gasteiger partial charge on any atom is 0.155 e. The molecule has 2 aromatic rings. The second-order valence-corrected chi connectivity index (χ2v) is 4.71. The molecule has 0 aliphatic heterocycles. The summed E-state index contributed by atoms with van der Waals surface area (Å²) in [5, 5.41) is 0. The molecule has 0 spiro atoms. The Balaban J connectivity index is 2.01. The highest BCUT2D eigenvalue weighted by molar-refractivity contribution is 5.93. The van der Waals surface area contributed by atoms with Gasteiger partial charge in [-0.15, -0.1) is 0 Å². The van der Waals surface area contributed by atoms with Crippen LogP contribution in [0.1, 0.15) is 25.6 Å². The minimum atomic E-state index is 0.254. The van der Waals surface area contributed by atoms with Crippen molar-refractivity contribution in [1.29, 1.82) is 0 Å². The predicted octanol–water partition coefficient (Wildman–Crippen LogP) is 2.89. The molecular weight excluding hydrogens is 224 g/mol. The van der Waals surface area contributed by atoms with Gasteiger partial charge in [0, 0.05) is 19.4 Å². The lowest BCUT2D eigenvalue weighted by Gasteiger charge is -2.06. The van der Waals surface area contributed by atoms with Crippen molar-refractivity contribution in [3.8, 4) is 0 Å². The maximum absolute atomic E-state index is 11.3. The number of aryl methyl sites for hydroxylation is 1. The number of nitrogens with zero attached hydrogens (tertiary/aromatic N) is 2. The number of carbonyl (C=O) groups excluding carboxylic acids is 1. The summed E-state index contributed by atoms with van der Waals surface area (Å²) in [6.07, 6.45) is 4.15. The van der Waals surface area contributed by atoms with Gasteiger partial charge in [0.1, 0.15) is 5.82 Å². The van der Waals surface area contributed by atoms with Gasteiger partial charge in [0.05, 0.1) is 11.0 Å². The van der Waals surface area contributed by atoms with Crippen LogP contribution in [-0.4, -0.2) is 15.3 Å². The monoisotopic (exact) mass is 240 g/mol. The lowest BCUT2D eigenvalue weighted by molar-refractivity contribution is -0.114. The van der Waals surface area contributed by atoms with Crippen molar-refractivity contribution in [2.24, 2.45) is 0 Å². The molecule has 3 nitrogen and oxygen atoms in total. The Labute approximate surface area is 106 Å². The van der Waals surface area contributed by atoms with E-state index in [-0.39, 0.29) is 5.78 Å². The number of hydrogen-bond acceptors (Lipinski definition) is 2. The summed E-state index contributed by atoms with van der Waals surface area (Å²) in [5.74, 6) is 1.32. The molecule has 1 aliphatic rings. The fraction of sp³-hybridized carbons (Fsp3) is 0.333. The molecule has 0 N–H and O–H groups in total. The first-order valence-electron chi connectivity index (χ1n) is 6.44. The van der Waals surface area contributed by atoms with Gasteiger partial charge in [-0.1, -0.05) is 17.7 Å². The highest BCUT2D eigenvalue weighted by Gasteiger charge is 2.16. The number of rotatable bonds is 3. The Morgan fingerprint density at radius 2 is 2.11 bits per heavy atom. The van der Waals surface area contributed by atoms with E-state index in [1.807, 2.05) is 18.2 Å². The molecule has 0 saturated heterocycles. The molecule has 0 bridgehead atoms. The number of fused-ring (bicyclic) bond motifs is 1. The molecule has 92 valence electrons. The van der Waals surface area contributed by atoms with Crippen LogP contribution in [0.4, 0.5) is 0 Å². The summed E-state index contributed by atoms with van der Waals surface area (Å²) in [4.78, 5) is 15.9. The van der Waals surface area contributed by atoms with Crippen LogP contribution in [0.15, 0.2) is 35.9 Å². The van der Waals surface area contributed by atoms with Crippen LogP contribution in [0.5, 0.6) is 0 Å². The Morgan fingerprint density at radius 3 is 2.83 bits per heavy atom. The fourth-order valence-corrected chi connectivity index (χ4v) is 2.61. The van der Waals surface area contributed by atoms with Crippen LogP contribution >= 0.6 is 0 Å². The SMILES string of the molecule is CCn1c(CC2=CC(=O)CC2)nc2ccccc21. The van der Waals surface area contributed by atoms with Crippen molar-refractivity contribution >= 4 is 16.8 Å². The number of allylic oxidation sites excluding steroid dienone is 2. The summed E-state index contributed by atoms with van der Waals surface area (Å²) in [7, 11) is 0. The van der Waals surface area contributed by atoms with Gasteiger partial charge < -0.3 is 4.57 Å². The maximum atomic E-state index is 11.3. The Bertz CT molecular complexity index is 637. The summed E-state index contributed by atoms with van der Waals surface area (Å²) < 4.78 is 2.24. The van der Waals surface area contributed by atoms with Crippen molar-refractivity contribution in [3.05, 3.63) is 41.7 Å². The molecule has 3 rings (SSSR count). The van der Waals surface area contributed by atoms with Gasteiger partial charge >= 0.3 is 0 Å². The molecular formula is C15H16N2O. The van der Waals surface area contributed by atoms with Crippen molar-refractivity contribution in [2.45, 2.75) is 32.7 Å². The molecule has 1 aromatic heterocycles. The van der Waals surface area contributed by atoms with Crippen LogP contribution in [-0.2, 0) is 17.8 Å². The number of benzene rings is 1. The van der Waals surface area contributed by atoms with E-state index < -0.39 is 0 Å². The summed E-state index contributed by atoms with van der Waals surface area (Å²) in [6, 6.07) is 8.19. The van der Waals surface area contributed by atoms with Crippen LogP contribution in [0.25, 0.3) is 11.0 Å². The third-order valence-corrected chi connectivity index (χ3v) is 3.49. The van der Waals surface area contributed by atoms with Crippen LogP contribution in [0.2, 0.25) is 0 Å². The fourth-order valence-electron chi connectivity index (χ4n) is 2.61. The van der Waals surface area contributed by atoms with Gasteiger partial charge in [-0.3, -0.25) is 4.79 Å². The second kappa shape index (κ2) is 4.41. The zero-order valence-corrected chi connectivity index (χ0v) is 10.5. The zero-order valence-electron chi connectivity index (χ0n) is 10.5. The van der Waals surface area contributed by atoms with E-state index in [2.05, 4.69) is 22.5 Å². The topological polar surface area (TPSA) is 34.9 Å². The van der Waals surface area contributed by atoms with Crippen LogP contribution in [0, 0.1) is 0 Å². The molecule has 0 radical (unpaired) electrons. The molecule has 1 heterocycles. The predicted molar refractivity (Wildman–Crippen MR) is 71.4 cm³/mol. The normalized spacial score (nSPS) is 15.4. The Hall–Kier alpha value is -1.90. The molecule has 1 aliphatic carbocycles. The van der Waals surface area contributed by atoms with E-state index >= 15 is 0 Å². The van der Waals surface area contributed by atoms with E-state index in [4.69, 9.17) is 0 Å². The van der Waals surface area contributed by atoms with Gasteiger partial charge in [0.15, 0.2) is 5.78 Å². The van der Waals surface area contributed by atoms with Crippen molar-refractivity contribution < 1.29 is 4.79 Å². The first-order chi connectivity index (χ1) is 8.78. The molecule has 0 atom stereocenters. The Morgan fingerprint density at radius 1 is 1.28 bits per heavy atom. The van der Waals surface area contributed by atoms with Crippen molar-refractivity contribution in [2.75, 3.05) is 0 Å². The second-order valence-electron chi connectivity index (χ2n) is 4.71. The van der Waals surface area contributed by atoms with Gasteiger partial charge in [0.2, 0.25) is 0 Å². The lowest BCUT2D eigenvalue weighted by Crippen LogP contribution is -2.02. The summed E-state index contributed by atoms with van der Waals surface area (Å²) in [5.41, 5.74) is 3.43. The van der Waals surface area contributed by atoms with E-state index in [9.17, 15) is 4.79 Å². The third kappa shape index (κ3) is 1.86. The highest BCUT2D eigenvalue weighted by atomic mass is 16.1. The number of imidazole rings is 1. The smallest absolute Gasteiger partial charge is 0.155 e. The first-order valence-corrected chi connectivity index (χ1v) is 6.44. The van der Waals surface area contributed by atoms with E-state index in [1.165, 1.54) is 11.1 Å². The van der Waals surface area contributed by atoms with E-state index in [1.54, 1.807) is 6.08 Å². The summed E-state index contributed by atoms with van der Waals surface area (Å²) >= 11 is 0. The first kappa shape index (κ1) is 11.2. The average Bonchev–Trinajstić information content (AvgIpc) is 2.92. The third-order valence-electron chi connectivity index (χ3n) is 3.49. The molecule has 18 heavy (non-hydrogen) atoms. The lowest BCUT2D eigenvalue weighted by atomic mass is 10.1. The van der Waals surface area contributed by atoms with Gasteiger partial charge in [-0.2, -0.15) is 0 Å². The molecule has 0 amide bonds. The van der Waals surface area contributed by atoms with Crippen molar-refractivity contribution in [1.82, 2.24) is 9.55 Å². The molecule has 1 aromatic carbocycles. The standard InChI is InChI=1S/C15H16N2O/c1-2-17-14-6-4-3-5-13(14)16-15(17)10-11-7-8-12(18)9-11/h3-6,9H,2,7-8,10H2,1H3. The molecule has 0 fully saturated rings. The van der Waals surface area contributed by atoms with Crippen molar-refractivity contribution in [3.63, 3.8) is 0 Å². The molecule has 0 unspecified atom stereocenters. The average molecular weight is 240 g/mol. The van der Waals surface area contributed by atoms with Gasteiger partial charge in [-0.25, -0.2) is 4.98 Å². The highest BCUT2D eigenvalue weighted by Crippen LogP contribution is 2.22. The molecule has 3 heteroatoms. The summed E-state index contributed by atoms with van der Waals surface area (Å²) in [6.45, 7) is 3.04. The quantitative estimate of drug-likeness (QED) is 0.826. The van der Waals surface area contributed by atoms with E-state index in [0.717, 1.165) is 30.7 Å². The van der Waals surface area contributed by atoms with Crippen LogP contribution < -0.4 is 0 Å². The number of hydrogen-bond donors (Lipinski definition) is 0. The van der Waals surface area contributed by atoms with Gasteiger partial charge in [0.25, 0.3) is 0 Å². The minimum Gasteiger partial charge on any atom is -0.328 e. The van der Waals surface area contributed by atoms with Gasteiger partial charge in [-0.05, 0) is 31.6 Å².